The van der Waals surface area contributed by atoms with Crippen molar-refractivity contribution in [3.05, 3.63) is 28.8 Å². The van der Waals surface area contributed by atoms with Crippen LogP contribution in [0.15, 0.2) is 12.1 Å². The second-order valence-corrected chi connectivity index (χ2v) is 7.59. The van der Waals surface area contributed by atoms with E-state index in [4.69, 9.17) is 4.74 Å². The molecule has 0 bridgehead atoms. The average molecular weight is 355 g/mol. The summed E-state index contributed by atoms with van der Waals surface area (Å²) in [7, 11) is -3.74. The number of hydrogen-bond donors (Lipinski definition) is 0. The third-order valence-electron chi connectivity index (χ3n) is 4.01. The second kappa shape index (κ2) is 6.90. The minimum Gasteiger partial charge on any atom is -0.463 e. The fourth-order valence-corrected chi connectivity index (χ4v) is 3.03. The standard InChI is InChI=1S/C16H21NO6S/c1-10-5-6-11(2)16(12(10)3)17(13-7-15(19)22-8-13)14(18)9-23-24(4,20)21/h5-6,13H,7-9H2,1-4H3. The number of amides is 1. The lowest BCUT2D eigenvalue weighted by molar-refractivity contribution is -0.138. The van der Waals surface area contributed by atoms with Crippen LogP contribution in [0.5, 0.6) is 0 Å². The summed E-state index contributed by atoms with van der Waals surface area (Å²) in [6, 6.07) is 3.35. The smallest absolute Gasteiger partial charge is 0.308 e. The van der Waals surface area contributed by atoms with Crippen LogP contribution in [-0.4, -0.2) is 45.8 Å². The lowest BCUT2D eigenvalue weighted by atomic mass is 10.0. The maximum absolute atomic E-state index is 12.7. The normalized spacial score (nSPS) is 17.7. The summed E-state index contributed by atoms with van der Waals surface area (Å²) in [4.78, 5) is 25.6. The van der Waals surface area contributed by atoms with Crippen LogP contribution >= 0.6 is 0 Å². The largest absolute Gasteiger partial charge is 0.463 e. The van der Waals surface area contributed by atoms with Crippen LogP contribution in [0.2, 0.25) is 0 Å². The summed E-state index contributed by atoms with van der Waals surface area (Å²) < 4.78 is 32.0. The van der Waals surface area contributed by atoms with Crippen molar-refractivity contribution in [1.82, 2.24) is 0 Å². The summed E-state index contributed by atoms with van der Waals surface area (Å²) >= 11 is 0. The van der Waals surface area contributed by atoms with Crippen molar-refractivity contribution < 1.29 is 26.9 Å². The monoisotopic (exact) mass is 355 g/mol. The zero-order valence-corrected chi connectivity index (χ0v) is 15.0. The molecule has 1 atom stereocenters. The molecule has 0 aromatic heterocycles. The number of ether oxygens (including phenoxy) is 1. The summed E-state index contributed by atoms with van der Waals surface area (Å²) in [6.07, 6.45) is 0.952. The molecule has 0 aliphatic carbocycles. The first-order chi connectivity index (χ1) is 11.1. The molecule has 1 aromatic rings. The maximum Gasteiger partial charge on any atom is 0.308 e. The van der Waals surface area contributed by atoms with E-state index in [0.717, 1.165) is 22.9 Å². The molecule has 0 N–H and O–H groups in total. The number of nitrogens with zero attached hydrogens (tertiary/aromatic N) is 1. The van der Waals surface area contributed by atoms with Gasteiger partial charge in [-0.2, -0.15) is 8.42 Å². The molecule has 1 aliphatic heterocycles. The van der Waals surface area contributed by atoms with Crippen molar-refractivity contribution in [2.45, 2.75) is 33.2 Å². The van der Waals surface area contributed by atoms with Crippen molar-refractivity contribution in [3.8, 4) is 0 Å². The van der Waals surface area contributed by atoms with E-state index in [0.29, 0.717) is 5.69 Å². The molecule has 0 saturated carbocycles. The highest BCUT2D eigenvalue weighted by Gasteiger charge is 2.35. The molecule has 0 spiro atoms. The molecular weight excluding hydrogens is 334 g/mol. The lowest BCUT2D eigenvalue weighted by Gasteiger charge is -2.30. The van der Waals surface area contributed by atoms with E-state index in [1.54, 1.807) is 0 Å². The van der Waals surface area contributed by atoms with Crippen LogP contribution in [0.1, 0.15) is 23.1 Å². The van der Waals surface area contributed by atoms with Gasteiger partial charge in [0.2, 0.25) is 0 Å². The quantitative estimate of drug-likeness (QED) is 0.583. The summed E-state index contributed by atoms with van der Waals surface area (Å²) in [5.74, 6) is -0.912. The summed E-state index contributed by atoms with van der Waals surface area (Å²) in [5.41, 5.74) is 3.40. The molecule has 2 rings (SSSR count). The first-order valence-electron chi connectivity index (χ1n) is 7.49. The molecular formula is C16H21NO6S. The molecule has 1 fully saturated rings. The van der Waals surface area contributed by atoms with Crippen molar-refractivity contribution in [3.63, 3.8) is 0 Å². The van der Waals surface area contributed by atoms with E-state index in [1.165, 1.54) is 4.90 Å². The molecule has 1 heterocycles. The Balaban J connectivity index is 2.42. The zero-order valence-electron chi connectivity index (χ0n) is 14.2. The lowest BCUT2D eigenvalue weighted by Crippen LogP contribution is -2.44. The Morgan fingerprint density at radius 3 is 2.46 bits per heavy atom. The number of carbonyl (C=O) groups excluding carboxylic acids is 2. The number of benzene rings is 1. The molecule has 0 radical (unpaired) electrons. The summed E-state index contributed by atoms with van der Waals surface area (Å²) in [6.45, 7) is 5.13. The van der Waals surface area contributed by atoms with Crippen LogP contribution in [0.3, 0.4) is 0 Å². The van der Waals surface area contributed by atoms with Crippen LogP contribution in [0.4, 0.5) is 5.69 Å². The number of hydrogen-bond acceptors (Lipinski definition) is 6. The van der Waals surface area contributed by atoms with Crippen LogP contribution < -0.4 is 4.90 Å². The number of esters is 1. The number of anilines is 1. The van der Waals surface area contributed by atoms with Gasteiger partial charge in [0.1, 0.15) is 13.2 Å². The Morgan fingerprint density at radius 2 is 1.92 bits per heavy atom. The molecule has 7 nitrogen and oxygen atoms in total. The molecule has 1 aromatic carbocycles. The topological polar surface area (TPSA) is 90.0 Å². The third kappa shape index (κ3) is 4.12. The van der Waals surface area contributed by atoms with Gasteiger partial charge in [0.25, 0.3) is 16.0 Å². The van der Waals surface area contributed by atoms with Gasteiger partial charge < -0.3 is 9.64 Å². The highest BCUT2D eigenvalue weighted by Crippen LogP contribution is 2.31. The van der Waals surface area contributed by atoms with Gasteiger partial charge in [-0.15, -0.1) is 0 Å². The number of cyclic esters (lactones) is 1. The van der Waals surface area contributed by atoms with E-state index in [9.17, 15) is 18.0 Å². The predicted octanol–water partition coefficient (Wildman–Crippen LogP) is 1.24. The number of rotatable bonds is 5. The van der Waals surface area contributed by atoms with Crippen molar-refractivity contribution in [2.75, 3.05) is 24.4 Å². The average Bonchev–Trinajstić information content (AvgIpc) is 2.90. The van der Waals surface area contributed by atoms with E-state index in [2.05, 4.69) is 4.18 Å². The van der Waals surface area contributed by atoms with Gasteiger partial charge in [0.05, 0.1) is 24.4 Å². The van der Waals surface area contributed by atoms with E-state index in [-0.39, 0.29) is 19.0 Å². The molecule has 24 heavy (non-hydrogen) atoms. The predicted molar refractivity (Wildman–Crippen MR) is 88.3 cm³/mol. The molecule has 1 saturated heterocycles. The molecule has 1 amide bonds. The Morgan fingerprint density at radius 1 is 1.29 bits per heavy atom. The highest BCUT2D eigenvalue weighted by molar-refractivity contribution is 7.86. The van der Waals surface area contributed by atoms with Crippen molar-refractivity contribution >= 4 is 27.7 Å². The first-order valence-corrected chi connectivity index (χ1v) is 9.30. The van der Waals surface area contributed by atoms with Crippen LogP contribution in [0, 0.1) is 20.8 Å². The van der Waals surface area contributed by atoms with E-state index < -0.39 is 28.7 Å². The molecule has 132 valence electrons. The fourth-order valence-electron chi connectivity index (χ4n) is 2.71. The third-order valence-corrected chi connectivity index (χ3v) is 4.56. The van der Waals surface area contributed by atoms with Gasteiger partial charge in [0.15, 0.2) is 0 Å². The van der Waals surface area contributed by atoms with Crippen LogP contribution in [-0.2, 0) is 28.6 Å². The Kier molecular flexibility index (Phi) is 5.29. The molecule has 1 aliphatic rings. The molecule has 1 unspecified atom stereocenters. The maximum atomic E-state index is 12.7. The number of carbonyl (C=O) groups is 2. The van der Waals surface area contributed by atoms with Gasteiger partial charge in [0, 0.05) is 0 Å². The van der Waals surface area contributed by atoms with E-state index in [1.807, 2.05) is 32.9 Å². The van der Waals surface area contributed by atoms with Gasteiger partial charge in [-0.3, -0.25) is 13.8 Å². The molecule has 8 heteroatoms. The Labute approximate surface area is 141 Å². The summed E-state index contributed by atoms with van der Waals surface area (Å²) in [5, 5.41) is 0. The van der Waals surface area contributed by atoms with Gasteiger partial charge in [-0.05, 0) is 37.5 Å². The fraction of sp³-hybridized carbons (Fsp3) is 0.500. The minimum absolute atomic E-state index is 0.0669. The Hall–Kier alpha value is -1.93. The van der Waals surface area contributed by atoms with Gasteiger partial charge >= 0.3 is 5.97 Å². The van der Waals surface area contributed by atoms with Gasteiger partial charge in [-0.1, -0.05) is 12.1 Å². The zero-order chi connectivity index (χ0) is 18.1. The number of aryl methyl sites for hydroxylation is 2. The second-order valence-electron chi connectivity index (χ2n) is 5.94. The van der Waals surface area contributed by atoms with Gasteiger partial charge in [-0.25, -0.2) is 0 Å². The highest BCUT2D eigenvalue weighted by atomic mass is 32.2. The first kappa shape index (κ1) is 18.4. The minimum atomic E-state index is -3.74. The SMILES string of the molecule is Cc1ccc(C)c(N(C(=O)COS(C)(=O)=O)C2COC(=O)C2)c1C. The van der Waals surface area contributed by atoms with Crippen molar-refractivity contribution in [2.24, 2.45) is 0 Å². The van der Waals surface area contributed by atoms with Crippen LogP contribution in [0.25, 0.3) is 0 Å². The van der Waals surface area contributed by atoms with Crippen molar-refractivity contribution in [1.29, 1.82) is 0 Å². The Bertz CT molecular complexity index is 771. The van der Waals surface area contributed by atoms with E-state index >= 15 is 0 Å².